The first kappa shape index (κ1) is 14.1. The number of hydrogen-bond donors (Lipinski definition) is 1. The van der Waals surface area contributed by atoms with Crippen LogP contribution in [0.15, 0.2) is 29.2 Å². The van der Waals surface area contributed by atoms with Crippen molar-refractivity contribution in [2.75, 3.05) is 26.7 Å². The average Bonchev–Trinajstić information content (AvgIpc) is 2.29. The van der Waals surface area contributed by atoms with Gasteiger partial charge in [-0.25, -0.2) is 17.5 Å². The fourth-order valence-corrected chi connectivity index (χ4v) is 2.25. The molecule has 4 nitrogen and oxygen atoms in total. The molecule has 0 atom stereocenters. The second-order valence-electron chi connectivity index (χ2n) is 3.75. The summed E-state index contributed by atoms with van der Waals surface area (Å²) >= 11 is 0. The molecular formula is C11H17FN2O2S. The molecular weight excluding hydrogens is 243 g/mol. The molecule has 0 radical (unpaired) electrons. The lowest BCUT2D eigenvalue weighted by molar-refractivity contribution is 0.358. The Bertz CT molecular complexity index is 445. The van der Waals surface area contributed by atoms with Gasteiger partial charge in [0.1, 0.15) is 5.82 Å². The molecule has 0 saturated carbocycles. The fourth-order valence-electron chi connectivity index (χ4n) is 1.23. The van der Waals surface area contributed by atoms with Crippen molar-refractivity contribution in [2.45, 2.75) is 11.8 Å². The highest BCUT2D eigenvalue weighted by molar-refractivity contribution is 7.89. The average molecular weight is 260 g/mol. The third-order valence-corrected chi connectivity index (χ3v) is 3.93. The van der Waals surface area contributed by atoms with E-state index in [2.05, 4.69) is 4.72 Å². The maximum absolute atomic E-state index is 12.7. The molecule has 0 aliphatic heterocycles. The first-order valence-corrected chi connectivity index (χ1v) is 6.88. The molecule has 0 amide bonds. The van der Waals surface area contributed by atoms with Gasteiger partial charge in [0.15, 0.2) is 0 Å². The lowest BCUT2D eigenvalue weighted by atomic mass is 10.4. The third-order valence-electron chi connectivity index (χ3n) is 2.45. The van der Waals surface area contributed by atoms with Crippen LogP contribution in [-0.2, 0) is 10.0 Å². The van der Waals surface area contributed by atoms with Crippen LogP contribution >= 0.6 is 0 Å². The van der Waals surface area contributed by atoms with Gasteiger partial charge in [-0.1, -0.05) is 6.92 Å². The number of nitrogens with one attached hydrogen (secondary N) is 1. The minimum Gasteiger partial charge on any atom is -0.305 e. The van der Waals surface area contributed by atoms with Crippen LogP contribution in [0.5, 0.6) is 0 Å². The number of sulfonamides is 1. The van der Waals surface area contributed by atoms with E-state index in [1.165, 1.54) is 12.1 Å². The topological polar surface area (TPSA) is 49.4 Å². The summed E-state index contributed by atoms with van der Waals surface area (Å²) in [6.45, 7) is 3.83. The highest BCUT2D eigenvalue weighted by Gasteiger charge is 2.13. The van der Waals surface area contributed by atoms with Crippen LogP contribution in [-0.4, -0.2) is 40.0 Å². The van der Waals surface area contributed by atoms with E-state index < -0.39 is 15.8 Å². The zero-order valence-electron chi connectivity index (χ0n) is 9.98. The Morgan fingerprint density at radius 2 is 1.88 bits per heavy atom. The summed E-state index contributed by atoms with van der Waals surface area (Å²) in [5.74, 6) is -0.449. The van der Waals surface area contributed by atoms with Crippen molar-refractivity contribution < 1.29 is 12.8 Å². The Kier molecular flexibility index (Phi) is 5.04. The number of benzene rings is 1. The molecule has 0 heterocycles. The lowest BCUT2D eigenvalue weighted by Gasteiger charge is -2.14. The number of likely N-dealkylation sites (N-methyl/N-ethyl adjacent to an activating group) is 1. The summed E-state index contributed by atoms with van der Waals surface area (Å²) in [6.07, 6.45) is 0. The van der Waals surface area contributed by atoms with E-state index in [0.717, 1.165) is 18.7 Å². The van der Waals surface area contributed by atoms with Crippen molar-refractivity contribution in [2.24, 2.45) is 0 Å². The number of nitrogens with zero attached hydrogens (tertiary/aromatic N) is 1. The zero-order chi connectivity index (χ0) is 12.9. The Morgan fingerprint density at radius 3 is 2.41 bits per heavy atom. The number of hydrogen-bond acceptors (Lipinski definition) is 3. The van der Waals surface area contributed by atoms with Crippen LogP contribution in [0, 0.1) is 5.82 Å². The van der Waals surface area contributed by atoms with Gasteiger partial charge in [-0.3, -0.25) is 0 Å². The van der Waals surface area contributed by atoms with Gasteiger partial charge in [0.05, 0.1) is 4.90 Å². The highest BCUT2D eigenvalue weighted by Crippen LogP contribution is 2.08. The van der Waals surface area contributed by atoms with Crippen LogP contribution in [0.1, 0.15) is 6.92 Å². The maximum atomic E-state index is 12.7. The van der Waals surface area contributed by atoms with Gasteiger partial charge < -0.3 is 4.90 Å². The summed E-state index contributed by atoms with van der Waals surface area (Å²) in [6, 6.07) is 4.77. The van der Waals surface area contributed by atoms with E-state index in [0.29, 0.717) is 13.1 Å². The Balaban J connectivity index is 2.60. The highest BCUT2D eigenvalue weighted by atomic mass is 32.2. The molecule has 1 aromatic carbocycles. The summed E-state index contributed by atoms with van der Waals surface area (Å²) < 4.78 is 38.6. The first-order chi connectivity index (χ1) is 7.95. The zero-order valence-corrected chi connectivity index (χ0v) is 10.8. The summed E-state index contributed by atoms with van der Waals surface area (Å²) in [5.41, 5.74) is 0. The molecule has 1 aromatic rings. The van der Waals surface area contributed by atoms with E-state index in [1.807, 2.05) is 18.9 Å². The van der Waals surface area contributed by atoms with Crippen LogP contribution in [0.3, 0.4) is 0 Å². The van der Waals surface area contributed by atoms with Gasteiger partial charge in [0.25, 0.3) is 0 Å². The minimum atomic E-state index is -3.52. The van der Waals surface area contributed by atoms with Gasteiger partial charge in [-0.15, -0.1) is 0 Å². The van der Waals surface area contributed by atoms with Crippen molar-refractivity contribution in [3.05, 3.63) is 30.1 Å². The van der Waals surface area contributed by atoms with Gasteiger partial charge in [-0.2, -0.15) is 0 Å². The van der Waals surface area contributed by atoms with Gasteiger partial charge >= 0.3 is 0 Å². The van der Waals surface area contributed by atoms with Crippen molar-refractivity contribution >= 4 is 10.0 Å². The molecule has 0 aliphatic rings. The maximum Gasteiger partial charge on any atom is 0.240 e. The molecule has 0 bridgehead atoms. The van der Waals surface area contributed by atoms with Crippen molar-refractivity contribution in [3.63, 3.8) is 0 Å². The van der Waals surface area contributed by atoms with Crippen molar-refractivity contribution in [1.82, 2.24) is 9.62 Å². The quantitative estimate of drug-likeness (QED) is 0.832. The Labute approximate surface area is 101 Å². The minimum absolute atomic E-state index is 0.0815. The third kappa shape index (κ3) is 4.41. The summed E-state index contributed by atoms with van der Waals surface area (Å²) in [4.78, 5) is 2.07. The van der Waals surface area contributed by atoms with Crippen molar-refractivity contribution in [1.29, 1.82) is 0 Å². The number of rotatable bonds is 6. The molecule has 1 N–H and O–H groups in total. The smallest absolute Gasteiger partial charge is 0.240 e. The molecule has 0 spiro atoms. The summed E-state index contributed by atoms with van der Waals surface area (Å²) in [5, 5.41) is 0. The Hall–Kier alpha value is -0.980. The van der Waals surface area contributed by atoms with E-state index in [4.69, 9.17) is 0 Å². The molecule has 0 saturated heterocycles. The lowest BCUT2D eigenvalue weighted by Crippen LogP contribution is -2.32. The monoisotopic (exact) mass is 260 g/mol. The predicted octanol–water partition coefficient (Wildman–Crippen LogP) is 1.06. The fraction of sp³-hybridized carbons (Fsp3) is 0.455. The van der Waals surface area contributed by atoms with Gasteiger partial charge in [0, 0.05) is 13.1 Å². The standard InChI is InChI=1S/C11H17FN2O2S/c1-3-14(2)9-8-13-17(15,16)11-6-4-10(12)5-7-11/h4-7,13H,3,8-9H2,1-2H3. The largest absolute Gasteiger partial charge is 0.305 e. The normalized spacial score (nSPS) is 12.0. The van der Waals surface area contributed by atoms with Crippen molar-refractivity contribution in [3.8, 4) is 0 Å². The number of halogens is 1. The molecule has 0 fully saturated rings. The van der Waals surface area contributed by atoms with E-state index >= 15 is 0 Å². The molecule has 0 aliphatic carbocycles. The molecule has 0 aromatic heterocycles. The first-order valence-electron chi connectivity index (χ1n) is 5.39. The SMILES string of the molecule is CCN(C)CCNS(=O)(=O)c1ccc(F)cc1. The van der Waals surface area contributed by atoms with Gasteiger partial charge in [-0.05, 0) is 37.9 Å². The molecule has 17 heavy (non-hydrogen) atoms. The second kappa shape index (κ2) is 6.09. The van der Waals surface area contributed by atoms with Gasteiger partial charge in [0.2, 0.25) is 10.0 Å². The predicted molar refractivity (Wildman–Crippen MR) is 64.8 cm³/mol. The van der Waals surface area contributed by atoms with E-state index in [-0.39, 0.29) is 4.90 Å². The van der Waals surface area contributed by atoms with E-state index in [1.54, 1.807) is 0 Å². The van der Waals surface area contributed by atoms with E-state index in [9.17, 15) is 12.8 Å². The molecule has 0 unspecified atom stereocenters. The molecule has 6 heteroatoms. The van der Waals surface area contributed by atoms with Crippen LogP contribution in [0.25, 0.3) is 0 Å². The molecule has 96 valence electrons. The molecule has 1 rings (SSSR count). The summed E-state index contributed by atoms with van der Waals surface area (Å²) in [7, 11) is -1.62. The second-order valence-corrected chi connectivity index (χ2v) is 5.51. The Morgan fingerprint density at radius 1 is 1.29 bits per heavy atom. The van der Waals surface area contributed by atoms with Crippen LogP contribution in [0.4, 0.5) is 4.39 Å². The van der Waals surface area contributed by atoms with Crippen LogP contribution in [0.2, 0.25) is 0 Å². The van der Waals surface area contributed by atoms with Crippen LogP contribution < -0.4 is 4.72 Å².